The summed E-state index contributed by atoms with van der Waals surface area (Å²) < 4.78 is 0. The fraction of sp³-hybridized carbons (Fsp3) is 0.167. The van der Waals surface area contributed by atoms with Crippen molar-refractivity contribution in [3.8, 4) is 0 Å². The predicted octanol–water partition coefficient (Wildman–Crippen LogP) is 2.94. The normalized spacial score (nSPS) is 11.1. The van der Waals surface area contributed by atoms with Crippen LogP contribution in [0.2, 0.25) is 0 Å². The molecule has 0 atom stereocenters. The summed E-state index contributed by atoms with van der Waals surface area (Å²) in [5.41, 5.74) is 8.10. The third-order valence-corrected chi connectivity index (χ3v) is 2.63. The topological polar surface area (TPSA) is 65.5 Å². The highest BCUT2D eigenvalue weighted by molar-refractivity contribution is 8.13. The molecule has 0 unspecified atom stereocenters. The number of allylic oxidation sites excluding steroid dienone is 1. The molecule has 0 aliphatic carbocycles. The van der Waals surface area contributed by atoms with Crippen LogP contribution in [0.4, 0.5) is 11.4 Å². The quantitative estimate of drug-likeness (QED) is 0.636. The van der Waals surface area contributed by atoms with Crippen LogP contribution in [0.1, 0.15) is 6.92 Å². The van der Waals surface area contributed by atoms with Gasteiger partial charge in [-0.2, -0.15) is 0 Å². The zero-order chi connectivity index (χ0) is 12.8. The van der Waals surface area contributed by atoms with E-state index < -0.39 is 0 Å². The van der Waals surface area contributed by atoms with E-state index in [-0.39, 0.29) is 0 Å². The van der Waals surface area contributed by atoms with Crippen LogP contribution in [0.15, 0.2) is 41.5 Å². The molecule has 4 nitrogen and oxygen atoms in total. The molecule has 1 rings (SSSR count). The maximum Gasteiger partial charge on any atom is 0.158 e. The molecule has 5 heteroatoms. The van der Waals surface area contributed by atoms with Gasteiger partial charge in [0.25, 0.3) is 0 Å². The number of amidine groups is 1. The third kappa shape index (κ3) is 3.64. The Morgan fingerprint density at radius 2 is 2.06 bits per heavy atom. The van der Waals surface area contributed by atoms with Crippen molar-refractivity contribution in [2.45, 2.75) is 6.92 Å². The molecule has 0 fully saturated rings. The van der Waals surface area contributed by atoms with Gasteiger partial charge in [-0.3, -0.25) is 5.41 Å². The summed E-state index contributed by atoms with van der Waals surface area (Å²) in [6.07, 6.45) is 3.11. The number of hydrogen-bond acceptors (Lipinski definition) is 3. The van der Waals surface area contributed by atoms with Crippen LogP contribution in [0.25, 0.3) is 0 Å². The Bertz CT molecular complexity index is 436. The van der Waals surface area contributed by atoms with Gasteiger partial charge in [0.1, 0.15) is 0 Å². The van der Waals surface area contributed by atoms with Gasteiger partial charge in [-0.05, 0) is 37.4 Å². The Labute approximate surface area is 106 Å². The Morgan fingerprint density at radius 1 is 1.47 bits per heavy atom. The summed E-state index contributed by atoms with van der Waals surface area (Å²) in [5.74, 6) is 0. The van der Waals surface area contributed by atoms with E-state index in [0.717, 1.165) is 17.1 Å². The predicted molar refractivity (Wildman–Crippen MR) is 77.3 cm³/mol. The molecule has 1 aromatic carbocycles. The summed E-state index contributed by atoms with van der Waals surface area (Å²) in [4.78, 5) is 5.89. The van der Waals surface area contributed by atoms with E-state index in [1.54, 1.807) is 4.90 Å². The van der Waals surface area contributed by atoms with Gasteiger partial charge in [-0.25, -0.2) is 4.99 Å². The zero-order valence-electron chi connectivity index (χ0n) is 9.97. The van der Waals surface area contributed by atoms with Crippen LogP contribution < -0.4 is 10.6 Å². The molecule has 0 spiro atoms. The van der Waals surface area contributed by atoms with Crippen LogP contribution >= 0.6 is 11.8 Å². The number of nitrogens with one attached hydrogen (secondary N) is 1. The fourth-order valence-corrected chi connectivity index (χ4v) is 1.46. The molecule has 17 heavy (non-hydrogen) atoms. The molecule has 0 aromatic heterocycles. The molecule has 1 aromatic rings. The minimum Gasteiger partial charge on any atom is -0.378 e. The molecule has 0 saturated carbocycles. The van der Waals surface area contributed by atoms with Gasteiger partial charge in [0.15, 0.2) is 5.17 Å². The first kappa shape index (κ1) is 13.3. The number of rotatable bonds is 4. The lowest BCUT2D eigenvalue weighted by Crippen LogP contribution is -2.16. The average Bonchev–Trinajstić information content (AvgIpc) is 2.31. The second-order valence-electron chi connectivity index (χ2n) is 3.40. The maximum atomic E-state index is 7.31. The van der Waals surface area contributed by atoms with Crippen LogP contribution in [-0.2, 0) is 0 Å². The van der Waals surface area contributed by atoms with Gasteiger partial charge in [0.2, 0.25) is 0 Å². The lowest BCUT2D eigenvalue weighted by molar-refractivity contribution is 1.22. The molecule has 0 radical (unpaired) electrons. The lowest BCUT2D eigenvalue weighted by atomic mass is 10.2. The van der Waals surface area contributed by atoms with E-state index in [2.05, 4.69) is 11.6 Å². The van der Waals surface area contributed by atoms with E-state index >= 15 is 0 Å². The zero-order valence-corrected chi connectivity index (χ0v) is 10.8. The fourth-order valence-electron chi connectivity index (χ4n) is 1.27. The maximum absolute atomic E-state index is 7.31. The van der Waals surface area contributed by atoms with E-state index in [1.807, 2.05) is 37.4 Å². The van der Waals surface area contributed by atoms with Crippen molar-refractivity contribution in [3.05, 3.63) is 36.5 Å². The molecular formula is C12H16N4S. The first-order valence-electron chi connectivity index (χ1n) is 5.02. The number of thioether (sulfide) groups is 1. The third-order valence-electron chi connectivity index (χ3n) is 2.12. The van der Waals surface area contributed by atoms with E-state index in [0.29, 0.717) is 5.17 Å². The standard InChI is InChI=1S/C12H16N4S/c1-9(2)16(8-13)11-6-4-10(5-7-11)15-12(14)17-3/h4-8,13H,1H2,2-3H3,(H2,14,15). The van der Waals surface area contributed by atoms with E-state index in [1.165, 1.54) is 18.1 Å². The number of benzene rings is 1. The molecule has 0 saturated heterocycles. The number of anilines is 1. The highest BCUT2D eigenvalue weighted by atomic mass is 32.2. The van der Waals surface area contributed by atoms with Crippen LogP contribution in [-0.4, -0.2) is 17.8 Å². The molecule has 0 amide bonds. The van der Waals surface area contributed by atoms with Gasteiger partial charge in [0.05, 0.1) is 12.0 Å². The van der Waals surface area contributed by atoms with Gasteiger partial charge < -0.3 is 10.6 Å². The minimum atomic E-state index is 0.529. The number of hydrogen-bond donors (Lipinski definition) is 2. The Hall–Kier alpha value is -1.75. The van der Waals surface area contributed by atoms with Crippen molar-refractivity contribution >= 4 is 34.6 Å². The highest BCUT2D eigenvalue weighted by Gasteiger charge is 2.03. The number of nitrogens with zero attached hydrogens (tertiary/aromatic N) is 2. The van der Waals surface area contributed by atoms with Crippen molar-refractivity contribution in [2.75, 3.05) is 11.2 Å². The smallest absolute Gasteiger partial charge is 0.158 e. The monoisotopic (exact) mass is 248 g/mol. The van der Waals surface area contributed by atoms with Crippen LogP contribution in [0, 0.1) is 5.41 Å². The number of nitrogens with two attached hydrogens (primary N) is 1. The second kappa shape index (κ2) is 6.10. The lowest BCUT2D eigenvalue weighted by Gasteiger charge is -2.18. The average molecular weight is 248 g/mol. The van der Waals surface area contributed by atoms with Crippen molar-refractivity contribution in [3.63, 3.8) is 0 Å². The Balaban J connectivity index is 2.95. The summed E-state index contributed by atoms with van der Waals surface area (Å²) in [6.45, 7) is 5.66. The Kier molecular flexibility index (Phi) is 4.78. The highest BCUT2D eigenvalue weighted by Crippen LogP contribution is 2.21. The van der Waals surface area contributed by atoms with Crippen molar-refractivity contribution in [1.29, 1.82) is 5.41 Å². The van der Waals surface area contributed by atoms with Gasteiger partial charge >= 0.3 is 0 Å². The SMILES string of the molecule is C=C(C)N(C=N)c1ccc(N=C(N)SC)cc1. The molecule has 90 valence electrons. The van der Waals surface area contributed by atoms with Crippen LogP contribution in [0.3, 0.4) is 0 Å². The van der Waals surface area contributed by atoms with Crippen molar-refractivity contribution in [2.24, 2.45) is 10.7 Å². The molecule has 3 N–H and O–H groups in total. The largest absolute Gasteiger partial charge is 0.378 e. The van der Waals surface area contributed by atoms with Gasteiger partial charge in [-0.1, -0.05) is 18.3 Å². The van der Waals surface area contributed by atoms with Gasteiger partial charge in [0, 0.05) is 11.4 Å². The van der Waals surface area contributed by atoms with E-state index in [9.17, 15) is 0 Å². The Morgan fingerprint density at radius 3 is 2.47 bits per heavy atom. The summed E-state index contributed by atoms with van der Waals surface area (Å²) in [6, 6.07) is 7.48. The van der Waals surface area contributed by atoms with Crippen molar-refractivity contribution in [1.82, 2.24) is 0 Å². The molecule has 0 aliphatic heterocycles. The molecule has 0 bridgehead atoms. The molecular weight excluding hydrogens is 232 g/mol. The van der Waals surface area contributed by atoms with Crippen molar-refractivity contribution < 1.29 is 0 Å². The van der Waals surface area contributed by atoms with Gasteiger partial charge in [-0.15, -0.1) is 0 Å². The number of aliphatic imine (C=N–C) groups is 1. The summed E-state index contributed by atoms with van der Waals surface area (Å²) >= 11 is 1.41. The first-order chi connectivity index (χ1) is 8.08. The van der Waals surface area contributed by atoms with Crippen LogP contribution in [0.5, 0.6) is 0 Å². The molecule has 0 heterocycles. The summed E-state index contributed by atoms with van der Waals surface area (Å²) in [7, 11) is 0. The minimum absolute atomic E-state index is 0.529. The molecule has 0 aliphatic rings. The summed E-state index contributed by atoms with van der Waals surface area (Å²) in [5, 5.41) is 7.84. The van der Waals surface area contributed by atoms with E-state index in [4.69, 9.17) is 11.1 Å². The first-order valence-corrected chi connectivity index (χ1v) is 6.24. The second-order valence-corrected chi connectivity index (χ2v) is 4.23.